The smallest absolute Gasteiger partial charge is 0.339 e. The van der Waals surface area contributed by atoms with Crippen molar-refractivity contribution >= 4 is 21.9 Å². The number of aryl methyl sites for hydroxylation is 1. The lowest BCUT2D eigenvalue weighted by Gasteiger charge is -2.26. The Bertz CT molecular complexity index is 1090. The highest BCUT2D eigenvalue weighted by molar-refractivity contribution is 7.89. The molecule has 9 nitrogen and oxygen atoms in total. The first kappa shape index (κ1) is 22.7. The number of carbonyl (C=O) groups is 2. The van der Waals surface area contributed by atoms with Gasteiger partial charge in [-0.1, -0.05) is 12.1 Å². The van der Waals surface area contributed by atoms with Crippen LogP contribution in [-0.4, -0.2) is 63.1 Å². The average molecular weight is 448 g/mol. The van der Waals surface area contributed by atoms with Gasteiger partial charge < -0.3 is 19.9 Å². The molecule has 1 saturated heterocycles. The van der Waals surface area contributed by atoms with E-state index in [1.807, 2.05) is 0 Å². The summed E-state index contributed by atoms with van der Waals surface area (Å²) in [5.41, 5.74) is 1.42. The van der Waals surface area contributed by atoms with Crippen LogP contribution in [0.5, 0.6) is 5.75 Å². The number of carboxylic acids is 1. The molecule has 166 valence electrons. The van der Waals surface area contributed by atoms with Gasteiger partial charge in [-0.05, 0) is 42.3 Å². The Kier molecular flexibility index (Phi) is 6.94. The van der Waals surface area contributed by atoms with Crippen molar-refractivity contribution in [2.24, 2.45) is 0 Å². The van der Waals surface area contributed by atoms with Crippen molar-refractivity contribution in [1.29, 1.82) is 0 Å². The van der Waals surface area contributed by atoms with E-state index < -0.39 is 21.9 Å². The molecule has 1 heterocycles. The Morgan fingerprint density at radius 2 is 1.84 bits per heavy atom. The zero-order valence-electron chi connectivity index (χ0n) is 17.3. The number of rotatable bonds is 7. The first-order valence-electron chi connectivity index (χ1n) is 9.61. The Labute approximate surface area is 180 Å². The molecule has 2 aromatic rings. The number of sulfonamides is 1. The predicted octanol–water partition coefficient (Wildman–Crippen LogP) is 1.65. The number of methoxy groups -OCH3 is 1. The number of hydrogen-bond donors (Lipinski definition) is 2. The summed E-state index contributed by atoms with van der Waals surface area (Å²) in [6, 6.07) is 9.04. The molecule has 0 unspecified atom stereocenters. The summed E-state index contributed by atoms with van der Waals surface area (Å²) in [5.74, 6) is -1.37. The van der Waals surface area contributed by atoms with Crippen molar-refractivity contribution in [2.75, 3.05) is 33.4 Å². The Morgan fingerprint density at radius 3 is 2.48 bits per heavy atom. The van der Waals surface area contributed by atoms with E-state index in [0.29, 0.717) is 24.3 Å². The molecule has 0 radical (unpaired) electrons. The molecule has 2 aromatic carbocycles. The van der Waals surface area contributed by atoms with Crippen molar-refractivity contribution in [1.82, 2.24) is 9.62 Å². The van der Waals surface area contributed by atoms with Gasteiger partial charge in [0.2, 0.25) is 10.0 Å². The maximum absolute atomic E-state index is 12.9. The molecule has 31 heavy (non-hydrogen) atoms. The SMILES string of the molecule is COc1ccc(CNC(=O)c2cc(S(=O)(=O)N3CCOCC3)ccc2C)cc1C(=O)O. The van der Waals surface area contributed by atoms with Crippen LogP contribution in [0.2, 0.25) is 0 Å². The van der Waals surface area contributed by atoms with Crippen molar-refractivity contribution in [3.8, 4) is 5.75 Å². The van der Waals surface area contributed by atoms with Crippen LogP contribution in [0.4, 0.5) is 0 Å². The molecular weight excluding hydrogens is 424 g/mol. The topological polar surface area (TPSA) is 122 Å². The van der Waals surface area contributed by atoms with E-state index in [9.17, 15) is 23.1 Å². The fourth-order valence-corrected chi connectivity index (χ4v) is 4.69. The molecule has 2 N–H and O–H groups in total. The van der Waals surface area contributed by atoms with Gasteiger partial charge in [-0.3, -0.25) is 4.79 Å². The molecule has 3 rings (SSSR count). The van der Waals surface area contributed by atoms with Crippen LogP contribution in [0, 0.1) is 6.92 Å². The minimum absolute atomic E-state index is 0.0102. The largest absolute Gasteiger partial charge is 0.496 e. The zero-order valence-corrected chi connectivity index (χ0v) is 18.1. The standard InChI is InChI=1S/C21H24N2O7S/c1-14-3-5-16(31(27,28)23-7-9-30-10-8-23)12-17(14)20(24)22-13-15-4-6-19(29-2)18(11-15)21(25)26/h3-6,11-12H,7-10,13H2,1-2H3,(H,22,24)(H,25,26). The Balaban J connectivity index is 1.78. The number of benzene rings is 2. The number of amides is 1. The maximum atomic E-state index is 12.9. The molecule has 0 bridgehead atoms. The normalized spacial score (nSPS) is 14.8. The molecule has 1 amide bonds. The summed E-state index contributed by atoms with van der Waals surface area (Å²) in [7, 11) is -2.35. The quantitative estimate of drug-likeness (QED) is 0.660. The number of hydrogen-bond acceptors (Lipinski definition) is 6. The third-order valence-electron chi connectivity index (χ3n) is 5.01. The zero-order chi connectivity index (χ0) is 22.6. The van der Waals surface area contributed by atoms with Crippen LogP contribution in [0.25, 0.3) is 0 Å². The monoisotopic (exact) mass is 448 g/mol. The molecule has 0 spiro atoms. The fraction of sp³-hybridized carbons (Fsp3) is 0.333. The van der Waals surface area contributed by atoms with Crippen LogP contribution in [0.15, 0.2) is 41.3 Å². The van der Waals surface area contributed by atoms with Gasteiger partial charge in [0.25, 0.3) is 5.91 Å². The Morgan fingerprint density at radius 1 is 1.13 bits per heavy atom. The molecule has 10 heteroatoms. The van der Waals surface area contributed by atoms with E-state index >= 15 is 0 Å². The van der Waals surface area contributed by atoms with E-state index in [0.717, 1.165) is 0 Å². The van der Waals surface area contributed by atoms with E-state index in [-0.39, 0.29) is 41.4 Å². The molecule has 0 saturated carbocycles. The summed E-state index contributed by atoms with van der Waals surface area (Å²) in [5, 5.41) is 12.0. The van der Waals surface area contributed by atoms with Crippen LogP contribution >= 0.6 is 0 Å². The summed E-state index contributed by atoms with van der Waals surface area (Å²) in [4.78, 5) is 24.2. The van der Waals surface area contributed by atoms with Crippen molar-refractivity contribution < 1.29 is 32.6 Å². The van der Waals surface area contributed by atoms with Gasteiger partial charge in [-0.2, -0.15) is 4.31 Å². The number of morpholine rings is 1. The summed E-state index contributed by atoms with van der Waals surface area (Å²) >= 11 is 0. The predicted molar refractivity (Wildman–Crippen MR) is 112 cm³/mol. The molecule has 1 aliphatic heterocycles. The van der Waals surface area contributed by atoms with Gasteiger partial charge in [0.1, 0.15) is 11.3 Å². The summed E-state index contributed by atoms with van der Waals surface area (Å²) < 4.78 is 37.4. The van der Waals surface area contributed by atoms with Gasteiger partial charge in [0, 0.05) is 25.2 Å². The highest BCUT2D eigenvalue weighted by atomic mass is 32.2. The second-order valence-corrected chi connectivity index (χ2v) is 8.95. The van der Waals surface area contributed by atoms with E-state index in [1.54, 1.807) is 19.1 Å². The van der Waals surface area contributed by atoms with E-state index in [2.05, 4.69) is 5.32 Å². The van der Waals surface area contributed by atoms with Gasteiger partial charge in [-0.25, -0.2) is 13.2 Å². The summed E-state index contributed by atoms with van der Waals surface area (Å²) in [6.07, 6.45) is 0. The fourth-order valence-electron chi connectivity index (χ4n) is 3.25. The van der Waals surface area contributed by atoms with Crippen LogP contribution in [0.3, 0.4) is 0 Å². The number of nitrogens with one attached hydrogen (secondary N) is 1. The van der Waals surface area contributed by atoms with Gasteiger partial charge in [0.05, 0.1) is 25.2 Å². The molecule has 1 aliphatic rings. The lowest BCUT2D eigenvalue weighted by Crippen LogP contribution is -2.40. The lowest BCUT2D eigenvalue weighted by atomic mass is 10.1. The van der Waals surface area contributed by atoms with E-state index in [1.165, 1.54) is 35.7 Å². The number of carboxylic acid groups (broad SMARTS) is 1. The molecule has 0 aromatic heterocycles. The third kappa shape index (κ3) is 5.04. The second-order valence-electron chi connectivity index (χ2n) is 7.02. The van der Waals surface area contributed by atoms with Gasteiger partial charge in [-0.15, -0.1) is 0 Å². The van der Waals surface area contributed by atoms with Crippen molar-refractivity contribution in [3.05, 3.63) is 58.7 Å². The average Bonchev–Trinajstić information content (AvgIpc) is 2.78. The molecule has 1 fully saturated rings. The minimum atomic E-state index is -3.73. The molecular formula is C21H24N2O7S. The van der Waals surface area contributed by atoms with E-state index in [4.69, 9.17) is 9.47 Å². The van der Waals surface area contributed by atoms with Crippen LogP contribution < -0.4 is 10.1 Å². The second kappa shape index (κ2) is 9.46. The minimum Gasteiger partial charge on any atom is -0.496 e. The Hall–Kier alpha value is -2.95. The highest BCUT2D eigenvalue weighted by Crippen LogP contribution is 2.22. The first-order chi connectivity index (χ1) is 14.7. The molecule has 0 atom stereocenters. The number of carbonyl (C=O) groups excluding carboxylic acids is 1. The van der Waals surface area contributed by atoms with Gasteiger partial charge >= 0.3 is 5.97 Å². The maximum Gasteiger partial charge on any atom is 0.339 e. The number of nitrogens with zero attached hydrogens (tertiary/aromatic N) is 1. The first-order valence-corrected chi connectivity index (χ1v) is 11.0. The van der Waals surface area contributed by atoms with Crippen molar-refractivity contribution in [3.63, 3.8) is 0 Å². The van der Waals surface area contributed by atoms with Crippen LogP contribution in [-0.2, 0) is 21.3 Å². The van der Waals surface area contributed by atoms with Crippen molar-refractivity contribution in [2.45, 2.75) is 18.4 Å². The number of ether oxygens (including phenoxy) is 2. The lowest BCUT2D eigenvalue weighted by molar-refractivity contribution is 0.0693. The number of aromatic carboxylic acids is 1. The van der Waals surface area contributed by atoms with Gasteiger partial charge in [0.15, 0.2) is 0 Å². The summed E-state index contributed by atoms with van der Waals surface area (Å²) in [6.45, 7) is 2.98. The highest BCUT2D eigenvalue weighted by Gasteiger charge is 2.27. The molecule has 0 aliphatic carbocycles. The third-order valence-corrected chi connectivity index (χ3v) is 6.90. The van der Waals surface area contributed by atoms with Crippen LogP contribution in [0.1, 0.15) is 31.8 Å².